The van der Waals surface area contributed by atoms with Crippen LogP contribution in [0.2, 0.25) is 0 Å². The minimum Gasteiger partial charge on any atom is -0.296 e. The van der Waals surface area contributed by atoms with Crippen LogP contribution >= 0.6 is 34.9 Å². The van der Waals surface area contributed by atoms with E-state index in [-0.39, 0.29) is 17.4 Å². The smallest absolute Gasteiger partial charge is 0.277 e. The average Bonchev–Trinajstić information content (AvgIpc) is 3.20. The van der Waals surface area contributed by atoms with Crippen LogP contribution in [0.4, 0.5) is 9.52 Å². The van der Waals surface area contributed by atoms with E-state index in [1.165, 1.54) is 40.9 Å². The van der Waals surface area contributed by atoms with Gasteiger partial charge in [-0.05, 0) is 37.6 Å². The average molecular weight is 483 g/mol. The molecule has 0 unspecified atom stereocenters. The number of nitrogens with one attached hydrogen (secondary N) is 1. The summed E-state index contributed by atoms with van der Waals surface area (Å²) >= 11 is 4.10. The highest BCUT2D eigenvalue weighted by atomic mass is 32.2. The van der Waals surface area contributed by atoms with Gasteiger partial charge in [-0.25, -0.2) is 19.3 Å². The number of halogens is 1. The Bertz CT molecular complexity index is 1240. The molecule has 0 aliphatic carbocycles. The van der Waals surface area contributed by atoms with Gasteiger partial charge >= 0.3 is 0 Å². The Hall–Kier alpha value is -2.75. The molecule has 0 bridgehead atoms. The van der Waals surface area contributed by atoms with E-state index < -0.39 is 0 Å². The topological polar surface area (TPSA) is 67.8 Å². The largest absolute Gasteiger partial charge is 0.296 e. The molecule has 0 aliphatic rings. The van der Waals surface area contributed by atoms with Crippen LogP contribution in [0.15, 0.2) is 75.9 Å². The molecule has 4 rings (SSSR count). The highest BCUT2D eigenvalue weighted by molar-refractivity contribution is 7.99. The van der Waals surface area contributed by atoms with E-state index in [0.717, 1.165) is 15.3 Å². The second-order valence-corrected chi connectivity index (χ2v) is 10.2. The summed E-state index contributed by atoms with van der Waals surface area (Å²) in [4.78, 5) is 28.8. The van der Waals surface area contributed by atoms with Crippen molar-refractivity contribution < 1.29 is 9.18 Å². The molecule has 32 heavy (non-hydrogen) atoms. The second-order valence-electron chi connectivity index (χ2n) is 6.89. The lowest BCUT2D eigenvalue weighted by Crippen LogP contribution is -2.15. The molecule has 1 amide bonds. The Morgan fingerprint density at radius 2 is 1.84 bits per heavy atom. The maximum Gasteiger partial charge on any atom is 0.277 e. The van der Waals surface area contributed by atoms with Crippen molar-refractivity contribution in [1.29, 1.82) is 0 Å². The highest BCUT2D eigenvalue weighted by Crippen LogP contribution is 2.32. The first-order chi connectivity index (χ1) is 15.5. The number of carbonyl (C=O) groups is 1. The molecule has 0 radical (unpaired) electrons. The van der Waals surface area contributed by atoms with Crippen molar-refractivity contribution in [3.05, 3.63) is 88.4 Å². The van der Waals surface area contributed by atoms with Gasteiger partial charge in [0, 0.05) is 27.9 Å². The maximum absolute atomic E-state index is 14.0. The third kappa shape index (κ3) is 5.73. The lowest BCUT2D eigenvalue weighted by atomic mass is 10.2. The quantitative estimate of drug-likeness (QED) is 0.243. The van der Waals surface area contributed by atoms with Crippen molar-refractivity contribution in [3.8, 4) is 0 Å². The van der Waals surface area contributed by atoms with E-state index in [2.05, 4.69) is 20.3 Å². The predicted molar refractivity (Wildman–Crippen MR) is 128 cm³/mol. The fourth-order valence-electron chi connectivity index (χ4n) is 2.72. The Morgan fingerprint density at radius 3 is 2.56 bits per heavy atom. The molecule has 9 heteroatoms. The molecule has 1 N–H and O–H groups in total. The number of carbonyl (C=O) groups excluding carboxylic acids is 1. The van der Waals surface area contributed by atoms with E-state index in [9.17, 15) is 9.18 Å². The van der Waals surface area contributed by atoms with Gasteiger partial charge in [0.2, 0.25) is 0 Å². The number of thiazole rings is 1. The summed E-state index contributed by atoms with van der Waals surface area (Å²) in [7, 11) is 0. The first kappa shape index (κ1) is 22.4. The lowest BCUT2D eigenvalue weighted by Gasteiger charge is -2.10. The zero-order chi connectivity index (χ0) is 22.5. The first-order valence-corrected chi connectivity index (χ1v) is 12.3. The maximum atomic E-state index is 14.0. The summed E-state index contributed by atoms with van der Waals surface area (Å²) in [5.74, 6) is -0.267. The number of hydrogen-bond donors (Lipinski definition) is 1. The summed E-state index contributed by atoms with van der Waals surface area (Å²) in [5.41, 5.74) is 1.97. The number of nitrogens with zero attached hydrogens (tertiary/aromatic N) is 3. The minimum absolute atomic E-state index is 0.259. The monoisotopic (exact) mass is 482 g/mol. The van der Waals surface area contributed by atoms with E-state index in [1.807, 2.05) is 38.1 Å². The van der Waals surface area contributed by atoms with Gasteiger partial charge < -0.3 is 0 Å². The van der Waals surface area contributed by atoms with Gasteiger partial charge in [0.15, 0.2) is 10.3 Å². The van der Waals surface area contributed by atoms with Gasteiger partial charge in [-0.1, -0.05) is 59.4 Å². The summed E-state index contributed by atoms with van der Waals surface area (Å²) in [6.45, 7) is 3.95. The highest BCUT2D eigenvalue weighted by Gasteiger charge is 2.18. The van der Waals surface area contributed by atoms with Crippen LogP contribution in [0.5, 0.6) is 0 Å². The Labute approximate surface area is 197 Å². The molecule has 4 aromatic rings. The van der Waals surface area contributed by atoms with Crippen molar-refractivity contribution in [2.24, 2.45) is 0 Å². The molecule has 2 aromatic heterocycles. The summed E-state index contributed by atoms with van der Waals surface area (Å²) in [6, 6.07) is 14.6. The molecule has 5 nitrogen and oxygen atoms in total. The molecule has 2 heterocycles. The van der Waals surface area contributed by atoms with E-state index in [1.54, 1.807) is 30.6 Å². The van der Waals surface area contributed by atoms with Gasteiger partial charge in [-0.2, -0.15) is 0 Å². The van der Waals surface area contributed by atoms with Crippen LogP contribution < -0.4 is 5.32 Å². The van der Waals surface area contributed by atoms with E-state index in [4.69, 9.17) is 0 Å². The third-order valence-electron chi connectivity index (χ3n) is 4.35. The molecule has 2 aromatic carbocycles. The van der Waals surface area contributed by atoms with Crippen molar-refractivity contribution in [2.45, 2.75) is 34.5 Å². The number of amides is 1. The number of aromatic nitrogens is 3. The van der Waals surface area contributed by atoms with Crippen LogP contribution in [0, 0.1) is 19.7 Å². The lowest BCUT2D eigenvalue weighted by molar-refractivity contribution is 0.101. The van der Waals surface area contributed by atoms with Gasteiger partial charge in [-0.15, -0.1) is 11.3 Å². The van der Waals surface area contributed by atoms with Crippen LogP contribution in [-0.4, -0.2) is 20.9 Å². The molecule has 0 atom stereocenters. The van der Waals surface area contributed by atoms with E-state index in [0.29, 0.717) is 26.5 Å². The van der Waals surface area contributed by atoms with Gasteiger partial charge in [-0.3, -0.25) is 10.1 Å². The Kier molecular flexibility index (Phi) is 7.19. The van der Waals surface area contributed by atoms with Gasteiger partial charge in [0.1, 0.15) is 11.5 Å². The summed E-state index contributed by atoms with van der Waals surface area (Å²) < 4.78 is 14.0. The fourth-order valence-corrected chi connectivity index (χ4v) is 5.05. The van der Waals surface area contributed by atoms with Crippen molar-refractivity contribution >= 4 is 45.9 Å². The fraction of sp³-hybridized carbons (Fsp3) is 0.130. The van der Waals surface area contributed by atoms with Gasteiger partial charge in [0.25, 0.3) is 5.91 Å². The number of thioether (sulfide) groups is 1. The zero-order valence-electron chi connectivity index (χ0n) is 17.3. The summed E-state index contributed by atoms with van der Waals surface area (Å²) in [5, 5.41) is 3.74. The minimum atomic E-state index is -0.357. The summed E-state index contributed by atoms with van der Waals surface area (Å²) in [6.07, 6.45) is 3.35. The normalized spacial score (nSPS) is 10.8. The predicted octanol–water partition coefficient (Wildman–Crippen LogP) is 6.38. The molecule has 0 saturated carbocycles. The Balaban J connectivity index is 1.60. The number of rotatable bonds is 7. The van der Waals surface area contributed by atoms with Crippen LogP contribution in [0.3, 0.4) is 0 Å². The third-order valence-corrected chi connectivity index (χ3v) is 7.12. The van der Waals surface area contributed by atoms with Crippen LogP contribution in [0.25, 0.3) is 0 Å². The van der Waals surface area contributed by atoms with E-state index >= 15 is 0 Å². The molecule has 0 spiro atoms. The van der Waals surface area contributed by atoms with Crippen molar-refractivity contribution in [1.82, 2.24) is 15.0 Å². The second kappa shape index (κ2) is 10.2. The van der Waals surface area contributed by atoms with Crippen molar-refractivity contribution in [3.63, 3.8) is 0 Å². The van der Waals surface area contributed by atoms with Crippen molar-refractivity contribution in [2.75, 3.05) is 5.32 Å². The molecule has 0 saturated heterocycles. The molecular weight excluding hydrogens is 463 g/mol. The molecule has 0 aliphatic heterocycles. The standard InChI is InChI=1S/C23H19FN4OS3/c1-14-7-9-17(10-8-14)32-19-12-26-22(30-13-16-5-3-4-6-18(16)24)27-20(19)21(29)28-23-25-11-15(2)31-23/h3-12H,13H2,1-2H3,(H,25,28,29). The zero-order valence-corrected chi connectivity index (χ0v) is 19.8. The van der Waals surface area contributed by atoms with Crippen LogP contribution in [0.1, 0.15) is 26.5 Å². The molecule has 0 fully saturated rings. The number of aryl methyl sites for hydroxylation is 2. The first-order valence-electron chi connectivity index (χ1n) is 9.69. The SMILES string of the molecule is Cc1ccc(Sc2cnc(SCc3ccccc3F)nc2C(=O)Nc2ncc(C)s2)cc1. The number of hydrogen-bond acceptors (Lipinski definition) is 7. The van der Waals surface area contributed by atoms with Crippen LogP contribution in [-0.2, 0) is 5.75 Å². The van der Waals surface area contributed by atoms with Gasteiger partial charge in [0.05, 0.1) is 4.90 Å². The Morgan fingerprint density at radius 1 is 1.06 bits per heavy atom. The molecular formula is C23H19FN4OS3. The number of anilines is 1. The molecule has 162 valence electrons. The number of benzene rings is 2.